The summed E-state index contributed by atoms with van der Waals surface area (Å²) in [5.41, 5.74) is 0.292. The summed E-state index contributed by atoms with van der Waals surface area (Å²) in [6.45, 7) is 3.28. The number of anilines is 1. The highest BCUT2D eigenvalue weighted by molar-refractivity contribution is 7.92. The zero-order valence-corrected chi connectivity index (χ0v) is 13.7. The molecular formula is C12H16Cl2N2O3S. The van der Waals surface area contributed by atoms with Gasteiger partial charge in [-0.05, 0) is 32.0 Å². The van der Waals surface area contributed by atoms with Crippen molar-refractivity contribution in [1.82, 2.24) is 5.32 Å². The summed E-state index contributed by atoms with van der Waals surface area (Å²) >= 11 is 11.7. The molecule has 0 aliphatic carbocycles. The lowest BCUT2D eigenvalue weighted by Crippen LogP contribution is -2.42. The van der Waals surface area contributed by atoms with Gasteiger partial charge < -0.3 is 5.32 Å². The van der Waals surface area contributed by atoms with Gasteiger partial charge in [-0.1, -0.05) is 23.2 Å². The van der Waals surface area contributed by atoms with E-state index in [2.05, 4.69) is 5.32 Å². The Labute approximate surface area is 128 Å². The van der Waals surface area contributed by atoms with E-state index in [0.717, 1.165) is 10.6 Å². The highest BCUT2D eigenvalue weighted by atomic mass is 35.5. The molecule has 0 spiro atoms. The van der Waals surface area contributed by atoms with Crippen molar-refractivity contribution in [2.75, 3.05) is 17.1 Å². The second-order valence-corrected chi connectivity index (χ2v) is 7.31. The van der Waals surface area contributed by atoms with Gasteiger partial charge in [-0.3, -0.25) is 9.10 Å². The van der Waals surface area contributed by atoms with Crippen LogP contribution >= 0.6 is 23.2 Å². The lowest BCUT2D eigenvalue weighted by molar-refractivity contribution is -0.120. The molecule has 1 rings (SSSR count). The molecule has 0 atom stereocenters. The summed E-state index contributed by atoms with van der Waals surface area (Å²) in [6, 6.07) is 4.32. The van der Waals surface area contributed by atoms with Crippen LogP contribution < -0.4 is 9.62 Å². The molecule has 0 aliphatic rings. The van der Waals surface area contributed by atoms with Gasteiger partial charge in [0.25, 0.3) is 0 Å². The summed E-state index contributed by atoms with van der Waals surface area (Å²) < 4.78 is 24.6. The molecule has 1 amide bonds. The van der Waals surface area contributed by atoms with Crippen molar-refractivity contribution in [3.63, 3.8) is 0 Å². The molecule has 0 bridgehead atoms. The van der Waals surface area contributed by atoms with E-state index in [-0.39, 0.29) is 17.6 Å². The van der Waals surface area contributed by atoms with Gasteiger partial charge in [0.2, 0.25) is 15.9 Å². The monoisotopic (exact) mass is 338 g/mol. The maximum Gasteiger partial charge on any atom is 0.240 e. The van der Waals surface area contributed by atoms with Crippen LogP contribution in [0.1, 0.15) is 13.8 Å². The number of nitrogens with zero attached hydrogens (tertiary/aromatic N) is 1. The van der Waals surface area contributed by atoms with E-state index in [0.29, 0.717) is 10.7 Å². The number of nitrogens with one attached hydrogen (secondary N) is 1. The van der Waals surface area contributed by atoms with Crippen LogP contribution in [0.2, 0.25) is 10.0 Å². The predicted octanol–water partition coefficient (Wildman–Crippen LogP) is 2.28. The van der Waals surface area contributed by atoms with Gasteiger partial charge in [-0.2, -0.15) is 0 Å². The summed E-state index contributed by atoms with van der Waals surface area (Å²) in [6.07, 6.45) is 1.03. The predicted molar refractivity (Wildman–Crippen MR) is 81.9 cm³/mol. The Morgan fingerprint density at radius 3 is 2.35 bits per heavy atom. The zero-order chi connectivity index (χ0) is 15.5. The Bertz CT molecular complexity index is 603. The third-order valence-corrected chi connectivity index (χ3v) is 4.21. The fourth-order valence-corrected chi connectivity index (χ4v) is 2.68. The number of rotatable bonds is 5. The van der Waals surface area contributed by atoms with Gasteiger partial charge in [0.1, 0.15) is 6.54 Å². The first kappa shape index (κ1) is 17.1. The van der Waals surface area contributed by atoms with E-state index in [1.54, 1.807) is 13.8 Å². The number of amides is 1. The van der Waals surface area contributed by atoms with Gasteiger partial charge >= 0.3 is 0 Å². The Kier molecular flexibility index (Phi) is 5.68. The average Bonchev–Trinajstić information content (AvgIpc) is 2.27. The SMILES string of the molecule is CC(C)NC(=O)CN(c1ccc(Cl)c(Cl)c1)S(C)(=O)=O. The Morgan fingerprint density at radius 2 is 1.90 bits per heavy atom. The van der Waals surface area contributed by atoms with Crippen molar-refractivity contribution < 1.29 is 13.2 Å². The number of halogens is 2. The first-order chi connectivity index (χ1) is 9.11. The fraction of sp³-hybridized carbons (Fsp3) is 0.417. The molecule has 0 saturated heterocycles. The largest absolute Gasteiger partial charge is 0.352 e. The molecule has 112 valence electrons. The highest BCUT2D eigenvalue weighted by Crippen LogP contribution is 2.28. The van der Waals surface area contributed by atoms with E-state index in [1.165, 1.54) is 18.2 Å². The lowest BCUT2D eigenvalue weighted by atomic mass is 10.3. The third-order valence-electron chi connectivity index (χ3n) is 2.33. The first-order valence-corrected chi connectivity index (χ1v) is 8.44. The molecule has 0 aliphatic heterocycles. The molecule has 0 unspecified atom stereocenters. The van der Waals surface area contributed by atoms with E-state index < -0.39 is 15.9 Å². The minimum absolute atomic E-state index is 0.0716. The summed E-state index contributed by atoms with van der Waals surface area (Å²) in [7, 11) is -3.61. The van der Waals surface area contributed by atoms with E-state index >= 15 is 0 Å². The van der Waals surface area contributed by atoms with Crippen molar-refractivity contribution in [1.29, 1.82) is 0 Å². The molecule has 0 heterocycles. The number of hydrogen-bond acceptors (Lipinski definition) is 3. The van der Waals surface area contributed by atoms with Crippen LogP contribution in [0.15, 0.2) is 18.2 Å². The summed E-state index contributed by atoms with van der Waals surface area (Å²) in [5, 5.41) is 3.18. The molecule has 20 heavy (non-hydrogen) atoms. The normalized spacial score (nSPS) is 11.5. The van der Waals surface area contributed by atoms with Crippen LogP contribution in [-0.4, -0.2) is 33.2 Å². The van der Waals surface area contributed by atoms with Crippen molar-refractivity contribution in [3.8, 4) is 0 Å². The molecule has 1 N–H and O–H groups in total. The Hall–Kier alpha value is -0.980. The second-order valence-electron chi connectivity index (χ2n) is 4.59. The van der Waals surface area contributed by atoms with E-state index in [4.69, 9.17) is 23.2 Å². The maximum absolute atomic E-state index is 11.8. The van der Waals surface area contributed by atoms with E-state index in [9.17, 15) is 13.2 Å². The van der Waals surface area contributed by atoms with Gasteiger partial charge in [0.15, 0.2) is 0 Å². The molecule has 1 aromatic carbocycles. The van der Waals surface area contributed by atoms with Crippen molar-refractivity contribution in [2.24, 2.45) is 0 Å². The summed E-state index contributed by atoms with van der Waals surface area (Å²) in [5.74, 6) is -0.392. The lowest BCUT2D eigenvalue weighted by Gasteiger charge is -2.22. The van der Waals surface area contributed by atoms with Crippen LogP contribution in [0.5, 0.6) is 0 Å². The van der Waals surface area contributed by atoms with Gasteiger partial charge in [-0.15, -0.1) is 0 Å². The molecule has 5 nitrogen and oxygen atoms in total. The average molecular weight is 339 g/mol. The number of carbonyl (C=O) groups is 1. The van der Waals surface area contributed by atoms with Gasteiger partial charge in [0.05, 0.1) is 22.0 Å². The highest BCUT2D eigenvalue weighted by Gasteiger charge is 2.21. The molecule has 0 saturated carbocycles. The van der Waals surface area contributed by atoms with Crippen LogP contribution in [0.25, 0.3) is 0 Å². The minimum Gasteiger partial charge on any atom is -0.352 e. The van der Waals surface area contributed by atoms with Crippen LogP contribution in [0.4, 0.5) is 5.69 Å². The Morgan fingerprint density at radius 1 is 1.30 bits per heavy atom. The molecular weight excluding hydrogens is 323 g/mol. The van der Waals surface area contributed by atoms with E-state index in [1.807, 2.05) is 0 Å². The first-order valence-electron chi connectivity index (χ1n) is 5.83. The maximum atomic E-state index is 11.8. The number of benzene rings is 1. The zero-order valence-electron chi connectivity index (χ0n) is 11.4. The third kappa shape index (κ3) is 4.85. The molecule has 0 fully saturated rings. The number of hydrogen-bond donors (Lipinski definition) is 1. The fourth-order valence-electron chi connectivity index (χ4n) is 1.54. The van der Waals surface area contributed by atoms with Crippen molar-refractivity contribution >= 4 is 44.8 Å². The van der Waals surface area contributed by atoms with Crippen LogP contribution in [0.3, 0.4) is 0 Å². The minimum atomic E-state index is -3.61. The van der Waals surface area contributed by atoms with Crippen molar-refractivity contribution in [3.05, 3.63) is 28.2 Å². The number of sulfonamides is 1. The summed E-state index contributed by atoms with van der Waals surface area (Å²) in [4.78, 5) is 11.8. The molecule has 0 aromatic heterocycles. The Balaban J connectivity index is 3.08. The topological polar surface area (TPSA) is 66.5 Å². The van der Waals surface area contributed by atoms with Crippen LogP contribution in [-0.2, 0) is 14.8 Å². The van der Waals surface area contributed by atoms with Crippen LogP contribution in [0, 0.1) is 0 Å². The second kappa shape index (κ2) is 6.65. The smallest absolute Gasteiger partial charge is 0.240 e. The molecule has 8 heteroatoms. The molecule has 1 aromatic rings. The number of carbonyl (C=O) groups excluding carboxylic acids is 1. The van der Waals surface area contributed by atoms with Crippen molar-refractivity contribution in [2.45, 2.75) is 19.9 Å². The quantitative estimate of drug-likeness (QED) is 0.895. The standard InChI is InChI=1S/C12H16Cl2N2O3S/c1-8(2)15-12(17)7-16(20(3,18)19)9-4-5-10(13)11(14)6-9/h4-6,8H,7H2,1-3H3,(H,15,17). The van der Waals surface area contributed by atoms with Gasteiger partial charge in [0, 0.05) is 6.04 Å². The molecule has 0 radical (unpaired) electrons. The van der Waals surface area contributed by atoms with Gasteiger partial charge in [-0.25, -0.2) is 8.42 Å².